The zero-order chi connectivity index (χ0) is 21.2. The van der Waals surface area contributed by atoms with Crippen molar-refractivity contribution in [1.82, 2.24) is 9.55 Å². The number of hydrogen-bond acceptors (Lipinski definition) is 5. The summed E-state index contributed by atoms with van der Waals surface area (Å²) in [5.74, 6) is 0.616. The number of nitrogens with one attached hydrogen (secondary N) is 2. The summed E-state index contributed by atoms with van der Waals surface area (Å²) in [6, 6.07) is 17.4. The molecule has 6 nitrogen and oxygen atoms in total. The van der Waals surface area contributed by atoms with E-state index in [9.17, 15) is 9.59 Å². The van der Waals surface area contributed by atoms with Gasteiger partial charge in [0.15, 0.2) is 5.16 Å². The minimum absolute atomic E-state index is 0.0545. The second kappa shape index (κ2) is 8.59. The fourth-order valence-corrected chi connectivity index (χ4v) is 5.37. The van der Waals surface area contributed by atoms with Crippen LogP contribution in [0.15, 0.2) is 64.5 Å². The SMILES string of the molecule is O=C(CC1CSc2nc3c(c(=O)n21)CCCC3)Nc1ccc(Nc2ccccc2)cc1. The Kier molecular flexibility index (Phi) is 5.51. The highest BCUT2D eigenvalue weighted by Gasteiger charge is 2.30. The summed E-state index contributed by atoms with van der Waals surface area (Å²) in [7, 11) is 0. The molecular formula is C24H24N4O2S. The van der Waals surface area contributed by atoms with Gasteiger partial charge in [-0.2, -0.15) is 0 Å². The van der Waals surface area contributed by atoms with Crippen LogP contribution in [0.3, 0.4) is 0 Å². The van der Waals surface area contributed by atoms with Crippen molar-refractivity contribution in [2.75, 3.05) is 16.4 Å². The summed E-state index contributed by atoms with van der Waals surface area (Å²) in [4.78, 5) is 30.4. The lowest BCUT2D eigenvalue weighted by molar-refractivity contribution is -0.116. The lowest BCUT2D eigenvalue weighted by atomic mass is 9.97. The van der Waals surface area contributed by atoms with Crippen molar-refractivity contribution in [3.05, 3.63) is 76.2 Å². The first-order chi connectivity index (χ1) is 15.2. The average molecular weight is 433 g/mol. The van der Waals surface area contributed by atoms with Crippen LogP contribution in [-0.2, 0) is 17.6 Å². The van der Waals surface area contributed by atoms with Gasteiger partial charge in [0.25, 0.3) is 5.56 Å². The van der Waals surface area contributed by atoms with E-state index in [1.54, 1.807) is 16.3 Å². The molecular weight excluding hydrogens is 408 g/mol. The molecule has 1 aliphatic heterocycles. The minimum atomic E-state index is -0.147. The van der Waals surface area contributed by atoms with Crippen molar-refractivity contribution in [2.45, 2.75) is 43.3 Å². The van der Waals surface area contributed by atoms with E-state index in [1.807, 2.05) is 54.6 Å². The van der Waals surface area contributed by atoms with Crippen LogP contribution in [0.25, 0.3) is 0 Å². The Balaban J connectivity index is 1.25. The zero-order valence-corrected chi connectivity index (χ0v) is 18.0. The van der Waals surface area contributed by atoms with Crippen molar-refractivity contribution < 1.29 is 4.79 Å². The van der Waals surface area contributed by atoms with Crippen LogP contribution in [0.1, 0.15) is 36.6 Å². The Morgan fingerprint density at radius 3 is 2.52 bits per heavy atom. The topological polar surface area (TPSA) is 76.0 Å². The van der Waals surface area contributed by atoms with E-state index in [1.165, 1.54) is 0 Å². The molecule has 1 atom stereocenters. The third-order valence-corrected chi connectivity index (χ3v) is 6.87. The molecule has 1 amide bonds. The quantitative estimate of drug-likeness (QED) is 0.579. The second-order valence-electron chi connectivity index (χ2n) is 7.99. The van der Waals surface area contributed by atoms with Gasteiger partial charge in [0.2, 0.25) is 5.91 Å². The fourth-order valence-electron chi connectivity index (χ4n) is 4.22. The molecule has 0 bridgehead atoms. The Hall–Kier alpha value is -3.06. The number of amides is 1. The molecule has 5 rings (SSSR count). The number of aryl methyl sites for hydroxylation is 1. The zero-order valence-electron chi connectivity index (χ0n) is 17.1. The van der Waals surface area contributed by atoms with Crippen molar-refractivity contribution in [3.63, 3.8) is 0 Å². The number of thioether (sulfide) groups is 1. The third kappa shape index (κ3) is 4.23. The molecule has 1 aromatic heterocycles. The predicted octanol–water partition coefficient (Wildman–Crippen LogP) is 4.54. The molecule has 2 aliphatic rings. The Morgan fingerprint density at radius 2 is 1.71 bits per heavy atom. The number of nitrogens with zero attached hydrogens (tertiary/aromatic N) is 2. The highest BCUT2D eigenvalue weighted by molar-refractivity contribution is 7.99. The van der Waals surface area contributed by atoms with Crippen molar-refractivity contribution in [2.24, 2.45) is 0 Å². The van der Waals surface area contributed by atoms with Crippen molar-refractivity contribution >= 4 is 34.7 Å². The number of para-hydroxylation sites is 1. The maximum Gasteiger partial charge on any atom is 0.257 e. The monoisotopic (exact) mass is 432 g/mol. The van der Waals surface area contributed by atoms with Gasteiger partial charge >= 0.3 is 0 Å². The van der Waals surface area contributed by atoms with Crippen molar-refractivity contribution in [3.8, 4) is 0 Å². The van der Waals surface area contributed by atoms with Gasteiger partial charge in [-0.3, -0.25) is 14.2 Å². The molecule has 0 radical (unpaired) electrons. The lowest BCUT2D eigenvalue weighted by Gasteiger charge is -2.18. The molecule has 2 N–H and O–H groups in total. The van der Waals surface area contributed by atoms with E-state index in [-0.39, 0.29) is 23.9 Å². The third-order valence-electron chi connectivity index (χ3n) is 5.77. The molecule has 0 spiro atoms. The van der Waals surface area contributed by atoms with Crippen LogP contribution in [-0.4, -0.2) is 21.2 Å². The largest absolute Gasteiger partial charge is 0.356 e. The Bertz CT molecular complexity index is 1160. The number of anilines is 3. The number of carbonyl (C=O) groups excluding carboxylic acids is 1. The molecule has 31 heavy (non-hydrogen) atoms. The summed E-state index contributed by atoms with van der Waals surface area (Å²) in [6.45, 7) is 0. The minimum Gasteiger partial charge on any atom is -0.356 e. The molecule has 158 valence electrons. The smallest absolute Gasteiger partial charge is 0.257 e. The normalized spacial score (nSPS) is 17.0. The number of benzene rings is 2. The molecule has 0 fully saturated rings. The summed E-state index contributed by atoms with van der Waals surface area (Å²) in [6.07, 6.45) is 4.09. The van der Waals surface area contributed by atoms with Crippen molar-refractivity contribution in [1.29, 1.82) is 0 Å². The highest BCUT2D eigenvalue weighted by Crippen LogP contribution is 2.34. The molecule has 3 aromatic rings. The summed E-state index contributed by atoms with van der Waals surface area (Å²) in [5.41, 5.74) is 4.57. The molecule has 0 saturated heterocycles. The van der Waals surface area contributed by atoms with Crippen LogP contribution in [0, 0.1) is 0 Å². The molecule has 2 heterocycles. The van der Waals surface area contributed by atoms with Gasteiger partial charge in [-0.25, -0.2) is 4.98 Å². The van der Waals surface area contributed by atoms with Crippen LogP contribution < -0.4 is 16.2 Å². The Morgan fingerprint density at radius 1 is 1.00 bits per heavy atom. The number of rotatable bonds is 5. The van der Waals surface area contributed by atoms with Gasteiger partial charge < -0.3 is 10.6 Å². The maximum atomic E-state index is 13.0. The Labute approximate surface area is 185 Å². The fraction of sp³-hybridized carbons (Fsp3) is 0.292. The predicted molar refractivity (Wildman–Crippen MR) is 124 cm³/mol. The number of aromatic nitrogens is 2. The van der Waals surface area contributed by atoms with E-state index in [2.05, 4.69) is 10.6 Å². The second-order valence-corrected chi connectivity index (χ2v) is 8.97. The van der Waals surface area contributed by atoms with E-state index in [0.717, 1.165) is 59.2 Å². The van der Waals surface area contributed by atoms with E-state index in [0.29, 0.717) is 5.75 Å². The van der Waals surface area contributed by atoms with Gasteiger partial charge in [0, 0.05) is 34.8 Å². The molecule has 2 aromatic carbocycles. The van der Waals surface area contributed by atoms with Gasteiger partial charge in [-0.15, -0.1) is 0 Å². The number of fused-ring (bicyclic) bond motifs is 2. The van der Waals surface area contributed by atoms with E-state index < -0.39 is 0 Å². The first-order valence-corrected chi connectivity index (χ1v) is 11.6. The summed E-state index contributed by atoms with van der Waals surface area (Å²) < 4.78 is 1.75. The maximum absolute atomic E-state index is 13.0. The van der Waals surface area contributed by atoms with Gasteiger partial charge in [0.05, 0.1) is 11.7 Å². The standard InChI is InChI=1S/C24H24N4O2S/c29-22(26-18-12-10-17(11-13-18)25-16-6-2-1-3-7-16)14-19-15-31-24-27-21-9-5-4-8-20(21)23(30)28(19)24/h1-3,6-7,10-13,19,25H,4-5,8-9,14-15H2,(H,26,29). The van der Waals surface area contributed by atoms with Crippen LogP contribution >= 0.6 is 11.8 Å². The molecule has 0 saturated carbocycles. The molecule has 1 unspecified atom stereocenters. The number of carbonyl (C=O) groups is 1. The average Bonchev–Trinajstić information content (AvgIpc) is 3.18. The summed E-state index contributed by atoms with van der Waals surface area (Å²) >= 11 is 1.58. The summed E-state index contributed by atoms with van der Waals surface area (Å²) in [5, 5.41) is 7.05. The van der Waals surface area contributed by atoms with Crippen LogP contribution in [0.5, 0.6) is 0 Å². The van der Waals surface area contributed by atoms with Crippen LogP contribution in [0.2, 0.25) is 0 Å². The first-order valence-electron chi connectivity index (χ1n) is 10.7. The first kappa shape index (κ1) is 19.9. The molecule has 7 heteroatoms. The lowest BCUT2D eigenvalue weighted by Crippen LogP contribution is -2.32. The number of hydrogen-bond donors (Lipinski definition) is 2. The van der Waals surface area contributed by atoms with Crippen LogP contribution in [0.4, 0.5) is 17.1 Å². The van der Waals surface area contributed by atoms with E-state index in [4.69, 9.17) is 4.98 Å². The molecule has 1 aliphatic carbocycles. The van der Waals surface area contributed by atoms with Gasteiger partial charge in [-0.1, -0.05) is 30.0 Å². The van der Waals surface area contributed by atoms with E-state index >= 15 is 0 Å². The highest BCUT2D eigenvalue weighted by atomic mass is 32.2. The van der Waals surface area contributed by atoms with Gasteiger partial charge in [-0.05, 0) is 62.1 Å². The van der Waals surface area contributed by atoms with Gasteiger partial charge in [0.1, 0.15) is 0 Å².